The lowest BCUT2D eigenvalue weighted by Gasteiger charge is -2.18. The second-order valence-corrected chi connectivity index (χ2v) is 3.47. The summed E-state index contributed by atoms with van der Waals surface area (Å²) in [5.41, 5.74) is 5.72. The number of nitrogens with two attached hydrogens (primary N) is 1. The quantitative estimate of drug-likeness (QED) is 0.673. The normalized spacial score (nSPS) is 16.5. The van der Waals surface area contributed by atoms with E-state index in [9.17, 15) is 4.79 Å². The van der Waals surface area contributed by atoms with Crippen LogP contribution in [0.25, 0.3) is 0 Å². The summed E-state index contributed by atoms with van der Waals surface area (Å²) in [6.45, 7) is 7.86. The highest BCUT2D eigenvalue weighted by atomic mass is 16.1. The fraction of sp³-hybridized carbons (Fsp3) is 0.889. The van der Waals surface area contributed by atoms with E-state index >= 15 is 0 Å². The third kappa shape index (κ3) is 3.02. The van der Waals surface area contributed by atoms with E-state index in [0.29, 0.717) is 5.92 Å². The minimum Gasteiger partial charge on any atom is -0.321 e. The van der Waals surface area contributed by atoms with Gasteiger partial charge in [-0.2, -0.15) is 0 Å². The van der Waals surface area contributed by atoms with Crippen molar-refractivity contribution in [2.24, 2.45) is 17.6 Å². The number of ketones is 1. The Morgan fingerprint density at radius 2 is 1.82 bits per heavy atom. The Hall–Kier alpha value is -0.370. The van der Waals surface area contributed by atoms with E-state index in [0.717, 1.165) is 6.42 Å². The Kier molecular flexibility index (Phi) is 4.34. The van der Waals surface area contributed by atoms with E-state index in [-0.39, 0.29) is 17.7 Å². The van der Waals surface area contributed by atoms with Gasteiger partial charge in [0.2, 0.25) is 0 Å². The molecule has 0 aliphatic carbocycles. The maximum atomic E-state index is 11.3. The lowest BCUT2D eigenvalue weighted by molar-refractivity contribution is -0.124. The minimum atomic E-state index is -0.264. The molecular weight excluding hydrogens is 138 g/mol. The van der Waals surface area contributed by atoms with E-state index in [1.54, 1.807) is 0 Å². The van der Waals surface area contributed by atoms with E-state index < -0.39 is 0 Å². The molecule has 0 aromatic carbocycles. The van der Waals surface area contributed by atoms with Crippen molar-refractivity contribution in [2.45, 2.75) is 40.2 Å². The zero-order valence-corrected chi connectivity index (χ0v) is 7.92. The molecule has 2 nitrogen and oxygen atoms in total. The lowest BCUT2D eigenvalue weighted by atomic mass is 9.91. The van der Waals surface area contributed by atoms with Gasteiger partial charge in [0.05, 0.1) is 6.04 Å². The molecule has 0 radical (unpaired) electrons. The van der Waals surface area contributed by atoms with Crippen molar-refractivity contribution < 1.29 is 4.79 Å². The van der Waals surface area contributed by atoms with E-state index in [4.69, 9.17) is 5.73 Å². The number of hydrogen-bond acceptors (Lipinski definition) is 2. The zero-order chi connectivity index (χ0) is 9.02. The maximum absolute atomic E-state index is 11.3. The summed E-state index contributed by atoms with van der Waals surface area (Å²) in [6, 6.07) is -0.264. The van der Waals surface area contributed by atoms with Crippen LogP contribution in [-0.4, -0.2) is 11.8 Å². The highest BCUT2D eigenvalue weighted by Gasteiger charge is 2.21. The van der Waals surface area contributed by atoms with Crippen LogP contribution in [0.1, 0.15) is 34.1 Å². The van der Waals surface area contributed by atoms with Crippen LogP contribution in [0.3, 0.4) is 0 Å². The van der Waals surface area contributed by atoms with Crippen LogP contribution < -0.4 is 5.73 Å². The van der Waals surface area contributed by atoms with Gasteiger partial charge in [-0.05, 0) is 5.92 Å². The third-order valence-electron chi connectivity index (χ3n) is 2.15. The molecule has 0 saturated heterocycles. The number of carbonyl (C=O) groups excluding carboxylic acids is 1. The lowest BCUT2D eigenvalue weighted by Crippen LogP contribution is -2.39. The van der Waals surface area contributed by atoms with Crippen LogP contribution in [0.2, 0.25) is 0 Å². The Labute approximate surface area is 69.2 Å². The molecule has 0 fully saturated rings. The Morgan fingerprint density at radius 3 is 2.09 bits per heavy atom. The highest BCUT2D eigenvalue weighted by Crippen LogP contribution is 2.10. The summed E-state index contributed by atoms with van der Waals surface area (Å²) in [4.78, 5) is 11.3. The van der Waals surface area contributed by atoms with Crippen molar-refractivity contribution in [2.75, 3.05) is 0 Å². The fourth-order valence-corrected chi connectivity index (χ4v) is 0.919. The van der Waals surface area contributed by atoms with E-state index in [2.05, 4.69) is 6.92 Å². The van der Waals surface area contributed by atoms with Crippen molar-refractivity contribution in [1.82, 2.24) is 0 Å². The van der Waals surface area contributed by atoms with Gasteiger partial charge in [-0.1, -0.05) is 34.1 Å². The standard InChI is InChI=1S/C9H19NO/c1-5-7(4)8(10)9(11)6(2)3/h6-8H,5,10H2,1-4H3/t7-,8-/m0/s1. The summed E-state index contributed by atoms with van der Waals surface area (Å²) >= 11 is 0. The molecule has 0 spiro atoms. The van der Waals surface area contributed by atoms with Crippen LogP contribution in [0.15, 0.2) is 0 Å². The minimum absolute atomic E-state index is 0.0685. The molecule has 0 aromatic rings. The Morgan fingerprint density at radius 1 is 1.36 bits per heavy atom. The summed E-state index contributed by atoms with van der Waals surface area (Å²) in [5, 5.41) is 0. The van der Waals surface area contributed by atoms with Crippen molar-refractivity contribution in [3.8, 4) is 0 Å². The molecule has 0 amide bonds. The van der Waals surface area contributed by atoms with Crippen LogP contribution in [0, 0.1) is 11.8 Å². The molecule has 66 valence electrons. The largest absolute Gasteiger partial charge is 0.321 e. The molecule has 2 atom stereocenters. The molecule has 0 aromatic heterocycles. The molecule has 0 aliphatic heterocycles. The number of Topliss-reactive ketones (excluding diaryl/α,β-unsaturated/α-hetero) is 1. The first-order valence-corrected chi connectivity index (χ1v) is 4.30. The molecule has 0 heterocycles. The van der Waals surface area contributed by atoms with Gasteiger partial charge in [0, 0.05) is 5.92 Å². The maximum Gasteiger partial charge on any atom is 0.152 e. The predicted molar refractivity (Wildman–Crippen MR) is 47.3 cm³/mol. The monoisotopic (exact) mass is 157 g/mol. The van der Waals surface area contributed by atoms with Gasteiger partial charge < -0.3 is 5.73 Å². The van der Waals surface area contributed by atoms with Gasteiger partial charge in [0.15, 0.2) is 5.78 Å². The summed E-state index contributed by atoms with van der Waals surface area (Å²) in [5.74, 6) is 0.559. The average molecular weight is 157 g/mol. The van der Waals surface area contributed by atoms with E-state index in [1.807, 2.05) is 20.8 Å². The second-order valence-electron chi connectivity index (χ2n) is 3.47. The van der Waals surface area contributed by atoms with Gasteiger partial charge in [0.25, 0.3) is 0 Å². The van der Waals surface area contributed by atoms with Gasteiger partial charge in [-0.15, -0.1) is 0 Å². The first-order chi connectivity index (χ1) is 5.00. The molecule has 2 N–H and O–H groups in total. The molecule has 0 bridgehead atoms. The predicted octanol–water partition coefficient (Wildman–Crippen LogP) is 1.58. The molecule has 0 unspecified atom stereocenters. The van der Waals surface area contributed by atoms with Crippen molar-refractivity contribution in [3.63, 3.8) is 0 Å². The number of carbonyl (C=O) groups is 1. The van der Waals surface area contributed by atoms with Crippen molar-refractivity contribution >= 4 is 5.78 Å². The zero-order valence-electron chi connectivity index (χ0n) is 7.92. The SMILES string of the molecule is CC[C@H](C)[C@H](N)C(=O)C(C)C. The van der Waals surface area contributed by atoms with Crippen LogP contribution in [0.5, 0.6) is 0 Å². The molecule has 0 aliphatic rings. The second kappa shape index (κ2) is 4.50. The van der Waals surface area contributed by atoms with E-state index in [1.165, 1.54) is 0 Å². The van der Waals surface area contributed by atoms with Gasteiger partial charge in [-0.25, -0.2) is 0 Å². The van der Waals surface area contributed by atoms with Crippen LogP contribution >= 0.6 is 0 Å². The topological polar surface area (TPSA) is 43.1 Å². The summed E-state index contributed by atoms with van der Waals surface area (Å²) in [6.07, 6.45) is 0.972. The Bertz CT molecular complexity index is 132. The molecule has 0 rings (SSSR count). The fourth-order valence-electron chi connectivity index (χ4n) is 0.919. The van der Waals surface area contributed by atoms with Crippen molar-refractivity contribution in [3.05, 3.63) is 0 Å². The average Bonchev–Trinajstić information content (AvgIpc) is 2.00. The molecule has 0 saturated carbocycles. The molecular formula is C9H19NO. The number of rotatable bonds is 4. The van der Waals surface area contributed by atoms with Crippen LogP contribution in [0.4, 0.5) is 0 Å². The van der Waals surface area contributed by atoms with Gasteiger partial charge in [0.1, 0.15) is 0 Å². The third-order valence-corrected chi connectivity index (χ3v) is 2.15. The summed E-state index contributed by atoms with van der Waals surface area (Å²) < 4.78 is 0. The number of hydrogen-bond donors (Lipinski definition) is 1. The first kappa shape index (κ1) is 10.6. The first-order valence-electron chi connectivity index (χ1n) is 4.30. The van der Waals surface area contributed by atoms with Gasteiger partial charge in [-0.3, -0.25) is 4.79 Å². The van der Waals surface area contributed by atoms with Gasteiger partial charge >= 0.3 is 0 Å². The highest BCUT2D eigenvalue weighted by molar-refractivity contribution is 5.85. The van der Waals surface area contributed by atoms with Crippen molar-refractivity contribution in [1.29, 1.82) is 0 Å². The Balaban J connectivity index is 4.02. The summed E-state index contributed by atoms with van der Waals surface area (Å²) in [7, 11) is 0. The molecule has 11 heavy (non-hydrogen) atoms. The smallest absolute Gasteiger partial charge is 0.152 e. The van der Waals surface area contributed by atoms with Crippen LogP contribution in [-0.2, 0) is 4.79 Å². The molecule has 2 heteroatoms.